The van der Waals surface area contributed by atoms with Gasteiger partial charge in [0.15, 0.2) is 0 Å². The van der Waals surface area contributed by atoms with Crippen LogP contribution in [-0.4, -0.2) is 35.7 Å². The second-order valence-electron chi connectivity index (χ2n) is 5.34. The first kappa shape index (κ1) is 14.2. The maximum atomic E-state index is 5.75. The van der Waals surface area contributed by atoms with Gasteiger partial charge < -0.3 is 5.73 Å². The van der Waals surface area contributed by atoms with Crippen molar-refractivity contribution >= 4 is 27.3 Å². The summed E-state index contributed by atoms with van der Waals surface area (Å²) in [5, 5.41) is 0. The van der Waals surface area contributed by atoms with E-state index in [1.165, 1.54) is 10.3 Å². The van der Waals surface area contributed by atoms with Gasteiger partial charge in [-0.15, -0.1) is 11.3 Å². The topological polar surface area (TPSA) is 54.5 Å². The summed E-state index contributed by atoms with van der Waals surface area (Å²) < 4.78 is 1.24. The number of likely N-dealkylation sites (tertiary alicyclic amines) is 1. The molecule has 0 radical (unpaired) electrons. The fraction of sp³-hybridized carbons (Fsp3) is 0.375. The third kappa shape index (κ3) is 2.71. The number of nitrogens with zero attached hydrogens (tertiary/aromatic N) is 3. The van der Waals surface area contributed by atoms with E-state index in [-0.39, 0.29) is 0 Å². The molecule has 4 nitrogen and oxygen atoms in total. The molecule has 110 valence electrons. The molecule has 2 aromatic rings. The Bertz CT molecular complexity index is 701. The second-order valence-corrected chi connectivity index (χ2v) is 6.22. The third-order valence-electron chi connectivity index (χ3n) is 4.24. The van der Waals surface area contributed by atoms with Gasteiger partial charge in [0.25, 0.3) is 0 Å². The Labute approximate surface area is 129 Å². The molecule has 1 unspecified atom stereocenters. The molecule has 21 heavy (non-hydrogen) atoms. The van der Waals surface area contributed by atoms with E-state index in [0.717, 1.165) is 36.3 Å². The lowest BCUT2D eigenvalue weighted by Crippen LogP contribution is -2.38. The standard InChI is InChI=1S/C16H20N4S/c1-11(12-3-4-16-15(7-12)19-10-21-16)20-6-5-14(18-2)13(8-17)9-20/h3-4,7-8,10-11H,5-6,9,17H2,1-2H3. The van der Waals surface area contributed by atoms with E-state index in [2.05, 4.69) is 40.0 Å². The van der Waals surface area contributed by atoms with Crippen LogP contribution < -0.4 is 5.73 Å². The lowest BCUT2D eigenvalue weighted by molar-refractivity contribution is 0.230. The van der Waals surface area contributed by atoms with E-state index in [9.17, 15) is 0 Å². The van der Waals surface area contributed by atoms with E-state index in [0.29, 0.717) is 6.04 Å². The number of hydrogen-bond acceptors (Lipinski definition) is 5. The molecule has 3 rings (SSSR count). The number of hydrogen-bond donors (Lipinski definition) is 1. The summed E-state index contributed by atoms with van der Waals surface area (Å²) in [5.74, 6) is 0. The lowest BCUT2D eigenvalue weighted by atomic mass is 9.98. The number of benzene rings is 1. The molecule has 0 bridgehead atoms. The Balaban J connectivity index is 1.83. The molecule has 5 heteroatoms. The third-order valence-corrected chi connectivity index (χ3v) is 5.05. The number of thiazole rings is 1. The minimum Gasteiger partial charge on any atom is -0.404 e. The molecular formula is C16H20N4S. The summed E-state index contributed by atoms with van der Waals surface area (Å²) >= 11 is 1.68. The molecule has 2 N–H and O–H groups in total. The highest BCUT2D eigenvalue weighted by Crippen LogP contribution is 2.28. The van der Waals surface area contributed by atoms with Gasteiger partial charge in [-0.2, -0.15) is 0 Å². The minimum atomic E-state index is 0.351. The van der Waals surface area contributed by atoms with Crippen molar-refractivity contribution in [3.8, 4) is 0 Å². The van der Waals surface area contributed by atoms with Crippen molar-refractivity contribution in [2.24, 2.45) is 10.7 Å². The first-order valence-electron chi connectivity index (χ1n) is 7.17. The lowest BCUT2D eigenvalue weighted by Gasteiger charge is -2.34. The highest BCUT2D eigenvalue weighted by Gasteiger charge is 2.24. The van der Waals surface area contributed by atoms with Crippen LogP contribution in [0.25, 0.3) is 10.2 Å². The van der Waals surface area contributed by atoms with Crippen molar-refractivity contribution in [2.75, 3.05) is 20.1 Å². The van der Waals surface area contributed by atoms with Crippen LogP contribution in [0, 0.1) is 0 Å². The van der Waals surface area contributed by atoms with Gasteiger partial charge in [-0.05, 0) is 24.6 Å². The van der Waals surface area contributed by atoms with Crippen LogP contribution in [-0.2, 0) is 0 Å². The van der Waals surface area contributed by atoms with Gasteiger partial charge in [-0.1, -0.05) is 6.07 Å². The van der Waals surface area contributed by atoms with Gasteiger partial charge >= 0.3 is 0 Å². The van der Waals surface area contributed by atoms with Gasteiger partial charge in [0, 0.05) is 50.1 Å². The summed E-state index contributed by atoms with van der Waals surface area (Å²) in [4.78, 5) is 11.2. The average Bonchev–Trinajstić information content (AvgIpc) is 3.00. The van der Waals surface area contributed by atoms with Crippen molar-refractivity contribution in [1.82, 2.24) is 9.88 Å². The van der Waals surface area contributed by atoms with Crippen LogP contribution in [0.5, 0.6) is 0 Å². The van der Waals surface area contributed by atoms with Gasteiger partial charge in [0.1, 0.15) is 0 Å². The molecule has 0 spiro atoms. The number of nitrogens with two attached hydrogens (primary N) is 1. The summed E-state index contributed by atoms with van der Waals surface area (Å²) in [5.41, 5.74) is 12.3. The highest BCUT2D eigenvalue weighted by molar-refractivity contribution is 7.16. The maximum Gasteiger partial charge on any atom is 0.0815 e. The zero-order valence-electron chi connectivity index (χ0n) is 12.4. The van der Waals surface area contributed by atoms with Crippen LogP contribution in [0.15, 0.2) is 40.5 Å². The Morgan fingerprint density at radius 1 is 1.48 bits per heavy atom. The second kappa shape index (κ2) is 5.95. The van der Waals surface area contributed by atoms with Crippen LogP contribution in [0.2, 0.25) is 0 Å². The molecule has 1 atom stereocenters. The van der Waals surface area contributed by atoms with Crippen molar-refractivity contribution in [3.63, 3.8) is 0 Å². The number of aliphatic imine (C=N–C) groups is 1. The Morgan fingerprint density at radius 2 is 2.33 bits per heavy atom. The van der Waals surface area contributed by atoms with Crippen molar-refractivity contribution in [1.29, 1.82) is 0 Å². The van der Waals surface area contributed by atoms with Crippen molar-refractivity contribution in [3.05, 3.63) is 41.0 Å². The average molecular weight is 300 g/mol. The van der Waals surface area contributed by atoms with E-state index in [4.69, 9.17) is 5.73 Å². The van der Waals surface area contributed by atoms with Gasteiger partial charge in [0.05, 0.1) is 15.7 Å². The van der Waals surface area contributed by atoms with Crippen LogP contribution in [0.4, 0.5) is 0 Å². The number of aromatic nitrogens is 1. The summed E-state index contributed by atoms with van der Waals surface area (Å²) in [6, 6.07) is 6.93. The van der Waals surface area contributed by atoms with Crippen molar-refractivity contribution in [2.45, 2.75) is 19.4 Å². The molecular weight excluding hydrogens is 280 g/mol. The zero-order chi connectivity index (χ0) is 14.8. The molecule has 1 aliphatic rings. The van der Waals surface area contributed by atoms with Gasteiger partial charge in [0.2, 0.25) is 0 Å². The summed E-state index contributed by atoms with van der Waals surface area (Å²) in [6.45, 7) is 4.12. The fourth-order valence-corrected chi connectivity index (χ4v) is 3.54. The summed E-state index contributed by atoms with van der Waals surface area (Å²) in [7, 11) is 1.84. The summed E-state index contributed by atoms with van der Waals surface area (Å²) in [6.07, 6.45) is 2.66. The number of rotatable bonds is 2. The molecule has 0 aliphatic carbocycles. The fourth-order valence-electron chi connectivity index (χ4n) is 2.88. The first-order valence-corrected chi connectivity index (χ1v) is 8.05. The monoisotopic (exact) mass is 300 g/mol. The predicted molar refractivity (Wildman–Crippen MR) is 89.9 cm³/mol. The van der Waals surface area contributed by atoms with Crippen LogP contribution >= 0.6 is 11.3 Å². The van der Waals surface area contributed by atoms with Gasteiger partial charge in [-0.3, -0.25) is 9.89 Å². The van der Waals surface area contributed by atoms with Crippen LogP contribution in [0.1, 0.15) is 24.9 Å². The first-order chi connectivity index (χ1) is 10.2. The molecule has 0 saturated carbocycles. The molecule has 1 aliphatic heterocycles. The quantitative estimate of drug-likeness (QED) is 0.927. The van der Waals surface area contributed by atoms with Crippen LogP contribution in [0.3, 0.4) is 0 Å². The minimum absolute atomic E-state index is 0.351. The van der Waals surface area contributed by atoms with Gasteiger partial charge in [-0.25, -0.2) is 4.98 Å². The largest absolute Gasteiger partial charge is 0.404 e. The number of piperidine rings is 1. The van der Waals surface area contributed by atoms with E-state index < -0.39 is 0 Å². The normalized spacial score (nSPS) is 22.2. The Kier molecular flexibility index (Phi) is 4.03. The molecule has 1 fully saturated rings. The Morgan fingerprint density at radius 3 is 3.10 bits per heavy atom. The molecule has 1 saturated heterocycles. The molecule has 1 aromatic heterocycles. The number of fused-ring (bicyclic) bond motifs is 1. The van der Waals surface area contributed by atoms with Crippen molar-refractivity contribution < 1.29 is 0 Å². The zero-order valence-corrected chi connectivity index (χ0v) is 13.2. The Hall–Kier alpha value is -1.72. The molecule has 1 aromatic carbocycles. The smallest absolute Gasteiger partial charge is 0.0815 e. The SMILES string of the molecule is CN=C1CCN(C(C)c2ccc3scnc3c2)CC1=CN. The van der Waals surface area contributed by atoms with E-state index in [1.54, 1.807) is 17.5 Å². The van der Waals surface area contributed by atoms with E-state index >= 15 is 0 Å². The molecule has 0 amide bonds. The highest BCUT2D eigenvalue weighted by atomic mass is 32.1. The predicted octanol–water partition coefficient (Wildman–Crippen LogP) is 2.98. The maximum absolute atomic E-state index is 5.75. The van der Waals surface area contributed by atoms with E-state index in [1.807, 2.05) is 12.6 Å². The molecule has 2 heterocycles.